The fourth-order valence-corrected chi connectivity index (χ4v) is 2.79. The van der Waals surface area contributed by atoms with Crippen LogP contribution in [0.15, 0.2) is 54.6 Å². The van der Waals surface area contributed by atoms with E-state index < -0.39 is 0 Å². The van der Waals surface area contributed by atoms with E-state index in [0.717, 1.165) is 6.42 Å². The number of benzene rings is 2. The highest BCUT2D eigenvalue weighted by Crippen LogP contribution is 2.43. The second kappa shape index (κ2) is 4.32. The van der Waals surface area contributed by atoms with Gasteiger partial charge in [0, 0.05) is 12.0 Å². The maximum atomic E-state index is 5.64. The van der Waals surface area contributed by atoms with E-state index in [0.29, 0.717) is 5.92 Å². The molecule has 1 aliphatic rings. The molecule has 0 bridgehead atoms. The van der Waals surface area contributed by atoms with Crippen molar-refractivity contribution in [2.75, 3.05) is 0 Å². The number of hydrogen-bond donors (Lipinski definition) is 2. The number of hydrogen-bond acceptors (Lipinski definition) is 2. The fourth-order valence-electron chi connectivity index (χ4n) is 2.79. The van der Waals surface area contributed by atoms with Gasteiger partial charge >= 0.3 is 0 Å². The summed E-state index contributed by atoms with van der Waals surface area (Å²) in [6.45, 7) is 0. The zero-order chi connectivity index (χ0) is 11.7. The van der Waals surface area contributed by atoms with E-state index in [4.69, 9.17) is 5.84 Å². The van der Waals surface area contributed by atoms with Crippen molar-refractivity contribution in [3.05, 3.63) is 71.3 Å². The third-order valence-electron chi connectivity index (χ3n) is 3.62. The molecule has 0 radical (unpaired) electrons. The van der Waals surface area contributed by atoms with Crippen molar-refractivity contribution in [3.8, 4) is 0 Å². The number of hydrazine groups is 1. The van der Waals surface area contributed by atoms with Crippen LogP contribution in [0.2, 0.25) is 0 Å². The molecule has 0 fully saturated rings. The molecule has 0 heterocycles. The second-order valence-electron chi connectivity index (χ2n) is 4.55. The molecule has 0 saturated heterocycles. The molecule has 2 aromatic rings. The van der Waals surface area contributed by atoms with Crippen LogP contribution in [-0.4, -0.2) is 0 Å². The molecule has 0 amide bonds. The minimum atomic E-state index is 0.274. The molecule has 0 saturated carbocycles. The normalized spacial score (nSPS) is 22.4. The molecule has 2 nitrogen and oxygen atoms in total. The zero-order valence-electron chi connectivity index (χ0n) is 9.64. The lowest BCUT2D eigenvalue weighted by Gasteiger charge is -2.12. The molecule has 0 unspecified atom stereocenters. The van der Waals surface area contributed by atoms with E-state index in [1.165, 1.54) is 16.7 Å². The Labute approximate surface area is 101 Å². The van der Waals surface area contributed by atoms with Gasteiger partial charge in [0.2, 0.25) is 0 Å². The van der Waals surface area contributed by atoms with Crippen molar-refractivity contribution in [1.29, 1.82) is 0 Å². The molecule has 0 aliphatic heterocycles. The quantitative estimate of drug-likeness (QED) is 0.608. The van der Waals surface area contributed by atoms with Crippen LogP contribution >= 0.6 is 0 Å². The van der Waals surface area contributed by atoms with E-state index in [1.807, 2.05) is 0 Å². The van der Waals surface area contributed by atoms with Crippen molar-refractivity contribution < 1.29 is 0 Å². The first-order valence-corrected chi connectivity index (χ1v) is 6.00. The lowest BCUT2D eigenvalue weighted by Crippen LogP contribution is -2.26. The first kappa shape index (κ1) is 10.5. The fraction of sp³-hybridized carbons (Fsp3) is 0.200. The molecule has 2 atom stereocenters. The van der Waals surface area contributed by atoms with Crippen LogP contribution in [0.25, 0.3) is 0 Å². The summed E-state index contributed by atoms with van der Waals surface area (Å²) in [5.41, 5.74) is 7.03. The van der Waals surface area contributed by atoms with Gasteiger partial charge in [-0.25, -0.2) is 0 Å². The Kier molecular flexibility index (Phi) is 2.67. The highest BCUT2D eigenvalue weighted by Gasteiger charge is 2.30. The minimum absolute atomic E-state index is 0.274. The van der Waals surface area contributed by atoms with E-state index in [1.54, 1.807) is 0 Å². The lowest BCUT2D eigenvalue weighted by atomic mass is 9.93. The SMILES string of the molecule is NN[C@H]1C[C@H](c2ccccc2)c2ccccc21. The number of fused-ring (bicyclic) bond motifs is 1. The van der Waals surface area contributed by atoms with E-state index >= 15 is 0 Å². The van der Waals surface area contributed by atoms with E-state index in [9.17, 15) is 0 Å². The van der Waals surface area contributed by atoms with Gasteiger partial charge in [-0.1, -0.05) is 54.6 Å². The Bertz CT molecular complexity index is 507. The van der Waals surface area contributed by atoms with Gasteiger partial charge in [-0.15, -0.1) is 0 Å². The van der Waals surface area contributed by atoms with E-state index in [-0.39, 0.29) is 6.04 Å². The van der Waals surface area contributed by atoms with Gasteiger partial charge in [0.15, 0.2) is 0 Å². The number of nitrogens with one attached hydrogen (secondary N) is 1. The molecular formula is C15H16N2. The summed E-state index contributed by atoms with van der Waals surface area (Å²) in [6, 6.07) is 19.5. The summed E-state index contributed by atoms with van der Waals surface area (Å²) in [4.78, 5) is 0. The first-order chi connectivity index (χ1) is 8.40. The van der Waals surface area contributed by atoms with Crippen molar-refractivity contribution >= 4 is 0 Å². The standard InChI is InChI=1S/C15H16N2/c16-17-15-10-14(11-6-2-1-3-7-11)12-8-4-5-9-13(12)15/h1-9,14-15,17H,10,16H2/t14-,15+/m1/s1. The van der Waals surface area contributed by atoms with Gasteiger partial charge in [0.1, 0.15) is 0 Å². The van der Waals surface area contributed by atoms with Crippen LogP contribution in [-0.2, 0) is 0 Å². The largest absolute Gasteiger partial charge is 0.271 e. The molecule has 0 aromatic heterocycles. The molecular weight excluding hydrogens is 208 g/mol. The summed E-state index contributed by atoms with van der Waals surface area (Å²) in [6.07, 6.45) is 1.04. The lowest BCUT2D eigenvalue weighted by molar-refractivity contribution is 0.531. The maximum absolute atomic E-state index is 5.64. The van der Waals surface area contributed by atoms with Crippen molar-refractivity contribution in [1.82, 2.24) is 5.43 Å². The van der Waals surface area contributed by atoms with Crippen LogP contribution < -0.4 is 11.3 Å². The van der Waals surface area contributed by atoms with Crippen LogP contribution in [0.3, 0.4) is 0 Å². The Morgan fingerprint density at radius 2 is 1.53 bits per heavy atom. The van der Waals surface area contributed by atoms with E-state index in [2.05, 4.69) is 60.0 Å². The average molecular weight is 224 g/mol. The Morgan fingerprint density at radius 1 is 0.882 bits per heavy atom. The monoisotopic (exact) mass is 224 g/mol. The summed E-state index contributed by atoms with van der Waals surface area (Å²) in [5, 5.41) is 0. The Balaban J connectivity index is 2.05. The number of nitrogens with two attached hydrogens (primary N) is 1. The highest BCUT2D eigenvalue weighted by molar-refractivity contribution is 5.44. The Morgan fingerprint density at radius 3 is 2.24 bits per heavy atom. The first-order valence-electron chi connectivity index (χ1n) is 6.00. The van der Waals surface area contributed by atoms with Gasteiger partial charge in [0.05, 0.1) is 0 Å². The molecule has 2 aromatic carbocycles. The third-order valence-corrected chi connectivity index (χ3v) is 3.62. The number of rotatable bonds is 2. The maximum Gasteiger partial charge on any atom is 0.0472 e. The van der Waals surface area contributed by atoms with Crippen molar-refractivity contribution in [2.45, 2.75) is 18.4 Å². The van der Waals surface area contributed by atoms with Gasteiger partial charge in [-0.3, -0.25) is 11.3 Å². The zero-order valence-corrected chi connectivity index (χ0v) is 9.64. The summed E-state index contributed by atoms with van der Waals surface area (Å²) < 4.78 is 0. The summed E-state index contributed by atoms with van der Waals surface area (Å²) in [7, 11) is 0. The molecule has 3 N–H and O–H groups in total. The molecule has 17 heavy (non-hydrogen) atoms. The minimum Gasteiger partial charge on any atom is -0.271 e. The van der Waals surface area contributed by atoms with Gasteiger partial charge in [-0.2, -0.15) is 0 Å². The molecule has 2 heteroatoms. The highest BCUT2D eigenvalue weighted by atomic mass is 15.2. The third kappa shape index (κ3) is 1.75. The van der Waals surface area contributed by atoms with Crippen LogP contribution in [0.4, 0.5) is 0 Å². The van der Waals surface area contributed by atoms with Crippen LogP contribution in [0.5, 0.6) is 0 Å². The smallest absolute Gasteiger partial charge is 0.0472 e. The predicted octanol–water partition coefficient (Wildman–Crippen LogP) is 2.73. The average Bonchev–Trinajstić information content (AvgIpc) is 2.78. The van der Waals surface area contributed by atoms with Gasteiger partial charge in [-0.05, 0) is 23.1 Å². The molecule has 0 spiro atoms. The van der Waals surface area contributed by atoms with Crippen LogP contribution in [0.1, 0.15) is 35.1 Å². The molecule has 1 aliphatic carbocycles. The van der Waals surface area contributed by atoms with Crippen molar-refractivity contribution in [3.63, 3.8) is 0 Å². The topological polar surface area (TPSA) is 38.0 Å². The van der Waals surface area contributed by atoms with Crippen LogP contribution in [0, 0.1) is 0 Å². The van der Waals surface area contributed by atoms with Gasteiger partial charge in [0.25, 0.3) is 0 Å². The van der Waals surface area contributed by atoms with Crippen molar-refractivity contribution in [2.24, 2.45) is 5.84 Å². The summed E-state index contributed by atoms with van der Waals surface area (Å²) >= 11 is 0. The summed E-state index contributed by atoms with van der Waals surface area (Å²) in [5.74, 6) is 6.11. The Hall–Kier alpha value is -1.64. The molecule has 3 rings (SSSR count). The second-order valence-corrected chi connectivity index (χ2v) is 4.55. The predicted molar refractivity (Wildman–Crippen MR) is 69.4 cm³/mol. The van der Waals surface area contributed by atoms with Gasteiger partial charge < -0.3 is 0 Å². The molecule has 86 valence electrons.